The van der Waals surface area contributed by atoms with E-state index in [0.717, 1.165) is 30.9 Å². The number of amides is 2. The summed E-state index contributed by atoms with van der Waals surface area (Å²) < 4.78 is 16.4. The summed E-state index contributed by atoms with van der Waals surface area (Å²) in [7, 11) is 1.55. The Morgan fingerprint density at radius 3 is 2.75 bits per heavy atom. The van der Waals surface area contributed by atoms with E-state index in [9.17, 15) is 14.4 Å². The van der Waals surface area contributed by atoms with Gasteiger partial charge < -0.3 is 30.2 Å². The average molecular weight is 571 g/mol. The maximum Gasteiger partial charge on any atom is 0.341 e. The molecule has 10 nitrogen and oxygen atoms in total. The van der Waals surface area contributed by atoms with E-state index in [-0.39, 0.29) is 19.0 Å². The van der Waals surface area contributed by atoms with E-state index in [2.05, 4.69) is 20.9 Å². The number of urea groups is 1. The number of carbonyl (C=O) groups is 3. The fourth-order valence-electron chi connectivity index (χ4n) is 4.80. The van der Waals surface area contributed by atoms with Crippen LogP contribution in [0.2, 0.25) is 5.02 Å². The average Bonchev–Trinajstić information content (AvgIpc) is 3.59. The molecule has 2 aromatic carbocycles. The monoisotopic (exact) mass is 570 g/mol. The molecule has 2 aliphatic heterocycles. The maximum atomic E-state index is 13.0. The zero-order chi connectivity index (χ0) is 28.6. The third kappa shape index (κ3) is 7.12. The highest BCUT2D eigenvalue weighted by Gasteiger charge is 2.32. The molecule has 11 heteroatoms. The molecular weight excluding hydrogens is 536 g/mol. The van der Waals surface area contributed by atoms with Gasteiger partial charge in [-0.2, -0.15) is 0 Å². The number of hydrogen-bond acceptors (Lipinski definition) is 8. The van der Waals surface area contributed by atoms with Crippen LogP contribution in [0.4, 0.5) is 16.2 Å². The number of anilines is 2. The minimum atomic E-state index is -0.560. The standard InChI is InChI=1S/C29H35ClN4O6/c1-18(9-11-24(35)39-15-14-34-13-12-31-17-34)8-10-20-26(33-29(37)32-23-7-5-4-6-22(23)30)25-21(16-40-28(25)36)19(2)27(20)38-3/h4-8,31H,9-17H2,1-3H3,(H2,32,33,37). The Kier molecular flexibility index (Phi) is 10.0. The van der Waals surface area contributed by atoms with Crippen molar-refractivity contribution in [2.75, 3.05) is 50.7 Å². The van der Waals surface area contributed by atoms with Gasteiger partial charge in [-0.1, -0.05) is 35.4 Å². The SMILES string of the molecule is COc1c(C)c2c(c(NC(=O)Nc3ccccc3Cl)c1CC=C(C)CCC(=O)OCCN1CCNC1)C(=O)OC2. The molecule has 0 bridgehead atoms. The second kappa shape index (κ2) is 13.6. The normalized spacial score (nSPS) is 15.0. The summed E-state index contributed by atoms with van der Waals surface area (Å²) in [5.41, 5.74) is 4.11. The molecule has 214 valence electrons. The van der Waals surface area contributed by atoms with Crippen molar-refractivity contribution in [2.45, 2.75) is 39.7 Å². The molecule has 3 N–H and O–H groups in total. The predicted molar refractivity (Wildman–Crippen MR) is 153 cm³/mol. The van der Waals surface area contributed by atoms with Gasteiger partial charge >= 0.3 is 18.0 Å². The quantitative estimate of drug-likeness (QED) is 0.264. The van der Waals surface area contributed by atoms with Crippen LogP contribution in [0.1, 0.15) is 46.8 Å². The number of methoxy groups -OCH3 is 1. The summed E-state index contributed by atoms with van der Waals surface area (Å²) in [4.78, 5) is 40.2. The number of benzene rings is 2. The lowest BCUT2D eigenvalue weighted by molar-refractivity contribution is -0.143. The van der Waals surface area contributed by atoms with Gasteiger partial charge in [-0.05, 0) is 44.4 Å². The van der Waals surface area contributed by atoms with Crippen LogP contribution >= 0.6 is 11.6 Å². The first kappa shape index (κ1) is 29.4. The third-order valence-corrected chi connectivity index (χ3v) is 7.36. The van der Waals surface area contributed by atoms with Crippen LogP contribution < -0.4 is 20.7 Å². The zero-order valence-corrected chi connectivity index (χ0v) is 23.8. The van der Waals surface area contributed by atoms with Gasteiger partial charge in [0.2, 0.25) is 0 Å². The molecule has 1 saturated heterocycles. The van der Waals surface area contributed by atoms with Gasteiger partial charge in [-0.25, -0.2) is 9.59 Å². The van der Waals surface area contributed by atoms with Crippen molar-refractivity contribution in [2.24, 2.45) is 0 Å². The number of allylic oxidation sites excluding steroid dienone is 2. The van der Waals surface area contributed by atoms with Crippen LogP contribution in [0, 0.1) is 6.92 Å². The predicted octanol–water partition coefficient (Wildman–Crippen LogP) is 4.65. The van der Waals surface area contributed by atoms with Crippen LogP contribution in [-0.2, 0) is 27.3 Å². The number of nitrogens with zero attached hydrogens (tertiary/aromatic N) is 1. The Labute approximate surface area is 239 Å². The molecule has 0 aromatic heterocycles. The number of ether oxygens (including phenoxy) is 3. The number of hydrogen-bond donors (Lipinski definition) is 3. The van der Waals surface area contributed by atoms with Crippen molar-refractivity contribution in [3.8, 4) is 5.75 Å². The van der Waals surface area contributed by atoms with Crippen LogP contribution in [0.25, 0.3) is 0 Å². The van der Waals surface area contributed by atoms with Crippen molar-refractivity contribution in [1.29, 1.82) is 0 Å². The van der Waals surface area contributed by atoms with E-state index in [4.69, 9.17) is 25.8 Å². The number of esters is 2. The van der Waals surface area contributed by atoms with Gasteiger partial charge in [0.25, 0.3) is 0 Å². The van der Waals surface area contributed by atoms with Gasteiger partial charge in [0.05, 0.1) is 29.1 Å². The Morgan fingerprint density at radius 1 is 1.23 bits per heavy atom. The first-order valence-corrected chi connectivity index (χ1v) is 13.6. The third-order valence-electron chi connectivity index (χ3n) is 7.03. The first-order chi connectivity index (χ1) is 19.3. The molecule has 0 saturated carbocycles. The molecule has 0 spiro atoms. The van der Waals surface area contributed by atoms with Crippen LogP contribution in [-0.4, -0.2) is 62.9 Å². The molecule has 1 fully saturated rings. The lowest BCUT2D eigenvalue weighted by Crippen LogP contribution is -2.27. The Bertz CT molecular complexity index is 1310. The lowest BCUT2D eigenvalue weighted by Gasteiger charge is -2.20. The lowest BCUT2D eigenvalue weighted by atomic mass is 9.93. The number of halogens is 1. The van der Waals surface area contributed by atoms with E-state index in [1.54, 1.807) is 31.4 Å². The van der Waals surface area contributed by atoms with Crippen LogP contribution in [0.15, 0.2) is 35.9 Å². The summed E-state index contributed by atoms with van der Waals surface area (Å²) in [6, 6.07) is 6.30. The molecule has 0 radical (unpaired) electrons. The van der Waals surface area contributed by atoms with Crippen molar-refractivity contribution in [1.82, 2.24) is 10.2 Å². The second-order valence-corrected chi connectivity index (χ2v) is 10.2. The highest BCUT2D eigenvalue weighted by Crippen LogP contribution is 2.41. The van der Waals surface area contributed by atoms with Crippen molar-refractivity contribution in [3.05, 3.63) is 63.2 Å². The van der Waals surface area contributed by atoms with Crippen LogP contribution in [0.3, 0.4) is 0 Å². The van der Waals surface area contributed by atoms with Gasteiger partial charge in [0, 0.05) is 43.9 Å². The molecule has 0 atom stereocenters. The summed E-state index contributed by atoms with van der Waals surface area (Å²) in [6.45, 7) is 7.72. The number of para-hydroxylation sites is 1. The molecule has 4 rings (SSSR count). The molecule has 0 unspecified atom stereocenters. The fraction of sp³-hybridized carbons (Fsp3) is 0.414. The van der Waals surface area contributed by atoms with E-state index in [0.29, 0.717) is 64.8 Å². The van der Waals surface area contributed by atoms with E-state index in [1.165, 1.54) is 0 Å². The Balaban J connectivity index is 1.48. The first-order valence-electron chi connectivity index (χ1n) is 13.2. The topological polar surface area (TPSA) is 118 Å². The molecule has 2 heterocycles. The number of fused-ring (bicyclic) bond motifs is 1. The minimum Gasteiger partial charge on any atom is -0.496 e. The molecule has 2 aliphatic rings. The van der Waals surface area contributed by atoms with Gasteiger partial charge in [0.1, 0.15) is 19.0 Å². The fourth-order valence-corrected chi connectivity index (χ4v) is 4.99. The molecule has 2 aromatic rings. The highest BCUT2D eigenvalue weighted by molar-refractivity contribution is 6.33. The molecule has 0 aliphatic carbocycles. The summed E-state index contributed by atoms with van der Waals surface area (Å²) in [5, 5.41) is 9.19. The summed E-state index contributed by atoms with van der Waals surface area (Å²) in [5.74, 6) is -0.194. The van der Waals surface area contributed by atoms with Crippen molar-refractivity contribution < 1.29 is 28.6 Å². The zero-order valence-electron chi connectivity index (χ0n) is 23.0. The Morgan fingerprint density at radius 2 is 2.02 bits per heavy atom. The largest absolute Gasteiger partial charge is 0.496 e. The summed E-state index contributed by atoms with van der Waals surface area (Å²) in [6.07, 6.45) is 3.10. The Hall–Kier alpha value is -3.60. The smallest absolute Gasteiger partial charge is 0.341 e. The van der Waals surface area contributed by atoms with Gasteiger partial charge in [-0.3, -0.25) is 9.69 Å². The molecule has 2 amide bonds. The number of cyclic esters (lactones) is 1. The maximum absolute atomic E-state index is 13.0. The molecular formula is C29H35ClN4O6. The number of nitrogens with one attached hydrogen (secondary N) is 3. The highest BCUT2D eigenvalue weighted by atomic mass is 35.5. The number of carbonyl (C=O) groups excluding carboxylic acids is 3. The van der Waals surface area contributed by atoms with Crippen LogP contribution in [0.5, 0.6) is 5.75 Å². The van der Waals surface area contributed by atoms with Crippen molar-refractivity contribution >= 4 is 40.9 Å². The molecule has 40 heavy (non-hydrogen) atoms. The second-order valence-electron chi connectivity index (χ2n) is 9.75. The number of rotatable bonds is 11. The van der Waals surface area contributed by atoms with E-state index in [1.807, 2.05) is 19.9 Å². The van der Waals surface area contributed by atoms with Crippen molar-refractivity contribution in [3.63, 3.8) is 0 Å². The van der Waals surface area contributed by atoms with E-state index >= 15 is 0 Å². The summed E-state index contributed by atoms with van der Waals surface area (Å²) >= 11 is 6.20. The van der Waals surface area contributed by atoms with Gasteiger partial charge in [-0.15, -0.1) is 0 Å². The van der Waals surface area contributed by atoms with Gasteiger partial charge in [0.15, 0.2) is 0 Å². The van der Waals surface area contributed by atoms with E-state index < -0.39 is 12.0 Å². The minimum absolute atomic E-state index is 0.0999.